The van der Waals surface area contributed by atoms with Crippen molar-refractivity contribution >= 4 is 45.1 Å². The Labute approximate surface area is 158 Å². The number of anilines is 2. The number of benzene rings is 1. The predicted molar refractivity (Wildman–Crippen MR) is 97.2 cm³/mol. The van der Waals surface area contributed by atoms with Gasteiger partial charge in [-0.15, -0.1) is 0 Å². The summed E-state index contributed by atoms with van der Waals surface area (Å²) in [5, 5.41) is 2.83. The van der Waals surface area contributed by atoms with Crippen LogP contribution >= 0.6 is 15.9 Å². The van der Waals surface area contributed by atoms with E-state index in [2.05, 4.69) is 21.2 Å². The van der Waals surface area contributed by atoms with Crippen molar-refractivity contribution in [3.8, 4) is 0 Å². The second kappa shape index (κ2) is 7.57. The minimum absolute atomic E-state index is 0.117. The van der Waals surface area contributed by atoms with Crippen LogP contribution in [0.1, 0.15) is 32.6 Å². The molecule has 138 valence electrons. The molecule has 1 aliphatic carbocycles. The molecule has 1 heterocycles. The van der Waals surface area contributed by atoms with Gasteiger partial charge in [0.1, 0.15) is 12.4 Å². The Hall–Kier alpha value is -2.22. The number of hydrogen-bond acceptors (Lipinski definition) is 5. The lowest BCUT2D eigenvalue weighted by molar-refractivity contribution is -0.141. The summed E-state index contributed by atoms with van der Waals surface area (Å²) in [6.45, 7) is 1.84. The van der Waals surface area contributed by atoms with Crippen LogP contribution in [-0.2, 0) is 19.1 Å². The molecule has 0 radical (unpaired) electrons. The normalized spacial score (nSPS) is 16.8. The monoisotopic (exact) mass is 424 g/mol. The first-order valence-electron chi connectivity index (χ1n) is 8.43. The average Bonchev–Trinajstić information content (AvgIpc) is 2.86. The second-order valence-corrected chi connectivity index (χ2v) is 6.91. The highest BCUT2D eigenvalue weighted by Crippen LogP contribution is 2.38. The van der Waals surface area contributed by atoms with Gasteiger partial charge < -0.3 is 10.1 Å². The quantitative estimate of drug-likeness (QED) is 0.579. The van der Waals surface area contributed by atoms with Gasteiger partial charge in [-0.3, -0.25) is 14.4 Å². The lowest BCUT2D eigenvalue weighted by atomic mass is 9.93. The highest BCUT2D eigenvalue weighted by atomic mass is 79.9. The molecule has 0 bridgehead atoms. The summed E-state index contributed by atoms with van der Waals surface area (Å²) in [6.07, 6.45) is 2.78. The number of imide groups is 1. The Morgan fingerprint density at radius 2 is 1.85 bits per heavy atom. The van der Waals surface area contributed by atoms with Gasteiger partial charge in [-0.25, -0.2) is 9.29 Å². The molecule has 1 aromatic rings. The molecule has 3 rings (SSSR count). The summed E-state index contributed by atoms with van der Waals surface area (Å²) >= 11 is 3.22. The van der Waals surface area contributed by atoms with Gasteiger partial charge in [-0.05, 0) is 60.7 Å². The first-order chi connectivity index (χ1) is 12.4. The summed E-state index contributed by atoms with van der Waals surface area (Å²) in [5.74, 6) is -2.07. The number of carbonyl (C=O) groups is 3. The molecule has 1 aliphatic heterocycles. The molecule has 0 spiro atoms. The molecule has 0 fully saturated rings. The Kier molecular flexibility index (Phi) is 5.41. The largest absolute Gasteiger partial charge is 0.465 e. The van der Waals surface area contributed by atoms with E-state index in [9.17, 15) is 18.8 Å². The van der Waals surface area contributed by atoms with Gasteiger partial charge in [-0.1, -0.05) is 0 Å². The van der Waals surface area contributed by atoms with E-state index in [1.54, 1.807) is 6.92 Å². The van der Waals surface area contributed by atoms with Gasteiger partial charge in [0.2, 0.25) is 0 Å². The molecular weight excluding hydrogens is 407 g/mol. The third-order valence-corrected chi connectivity index (χ3v) is 5.05. The van der Waals surface area contributed by atoms with Gasteiger partial charge in [0.05, 0.1) is 18.0 Å². The maximum atomic E-state index is 14.5. The smallest absolute Gasteiger partial charge is 0.325 e. The minimum atomic E-state index is -0.694. The summed E-state index contributed by atoms with van der Waals surface area (Å²) in [5.41, 5.74) is 1.25. The molecule has 6 nitrogen and oxygen atoms in total. The van der Waals surface area contributed by atoms with Crippen LogP contribution < -0.4 is 10.2 Å². The molecular formula is C18H18BrFN2O4. The van der Waals surface area contributed by atoms with Crippen LogP contribution in [0.4, 0.5) is 15.8 Å². The molecule has 1 N–H and O–H groups in total. The molecule has 0 aromatic heterocycles. The number of rotatable bonds is 5. The fourth-order valence-corrected chi connectivity index (χ4v) is 3.64. The zero-order chi connectivity index (χ0) is 18.8. The van der Waals surface area contributed by atoms with Crippen molar-refractivity contribution in [1.29, 1.82) is 0 Å². The number of nitrogens with zero attached hydrogens (tertiary/aromatic N) is 1. The lowest BCUT2D eigenvalue weighted by Crippen LogP contribution is -2.32. The number of halogens is 2. The molecule has 0 unspecified atom stereocenters. The SMILES string of the molecule is CCOC(=O)CNc1cc(N2C(=O)C3=C(CCCC3)C2=O)c(F)cc1Br. The Morgan fingerprint density at radius 3 is 2.42 bits per heavy atom. The minimum Gasteiger partial charge on any atom is -0.465 e. The molecule has 8 heteroatoms. The fraction of sp³-hybridized carbons (Fsp3) is 0.389. The van der Waals surface area contributed by atoms with E-state index in [1.165, 1.54) is 12.1 Å². The van der Waals surface area contributed by atoms with E-state index >= 15 is 0 Å². The van der Waals surface area contributed by atoms with Crippen molar-refractivity contribution in [2.45, 2.75) is 32.6 Å². The molecule has 2 aliphatic rings. The second-order valence-electron chi connectivity index (χ2n) is 6.05. The van der Waals surface area contributed by atoms with Crippen molar-refractivity contribution in [3.05, 3.63) is 33.6 Å². The predicted octanol–water partition coefficient (Wildman–Crippen LogP) is 3.31. The average molecular weight is 425 g/mol. The number of amides is 2. The summed E-state index contributed by atoms with van der Waals surface area (Å²) in [6, 6.07) is 2.52. The first-order valence-corrected chi connectivity index (χ1v) is 9.22. The highest BCUT2D eigenvalue weighted by Gasteiger charge is 2.40. The number of carbonyl (C=O) groups excluding carboxylic acids is 3. The highest BCUT2D eigenvalue weighted by molar-refractivity contribution is 9.10. The topological polar surface area (TPSA) is 75.7 Å². The van der Waals surface area contributed by atoms with Gasteiger partial charge in [0.15, 0.2) is 0 Å². The van der Waals surface area contributed by atoms with Gasteiger partial charge in [0.25, 0.3) is 11.8 Å². The van der Waals surface area contributed by atoms with E-state index in [0.29, 0.717) is 34.1 Å². The van der Waals surface area contributed by atoms with E-state index in [1.807, 2.05) is 0 Å². The van der Waals surface area contributed by atoms with Crippen molar-refractivity contribution < 1.29 is 23.5 Å². The van der Waals surface area contributed by atoms with Crippen LogP contribution in [0.5, 0.6) is 0 Å². The Morgan fingerprint density at radius 1 is 1.23 bits per heavy atom. The van der Waals surface area contributed by atoms with Crippen molar-refractivity contribution in [2.24, 2.45) is 0 Å². The Balaban J connectivity index is 1.88. The van der Waals surface area contributed by atoms with Gasteiger partial charge in [-0.2, -0.15) is 0 Å². The third-order valence-electron chi connectivity index (χ3n) is 4.40. The summed E-state index contributed by atoms with van der Waals surface area (Å²) < 4.78 is 19.7. The summed E-state index contributed by atoms with van der Waals surface area (Å²) in [4.78, 5) is 37.7. The fourth-order valence-electron chi connectivity index (χ4n) is 3.18. The number of nitrogens with one attached hydrogen (secondary N) is 1. The third kappa shape index (κ3) is 3.38. The molecule has 26 heavy (non-hydrogen) atoms. The zero-order valence-corrected chi connectivity index (χ0v) is 15.8. The van der Waals surface area contributed by atoms with Crippen LogP contribution in [0.25, 0.3) is 0 Å². The maximum absolute atomic E-state index is 14.5. The Bertz CT molecular complexity index is 794. The van der Waals surface area contributed by atoms with Crippen molar-refractivity contribution in [3.63, 3.8) is 0 Å². The van der Waals surface area contributed by atoms with Gasteiger partial charge >= 0.3 is 5.97 Å². The van der Waals surface area contributed by atoms with Crippen LogP contribution in [0.15, 0.2) is 27.8 Å². The molecule has 2 amide bonds. The number of esters is 1. The zero-order valence-electron chi connectivity index (χ0n) is 14.2. The lowest BCUT2D eigenvalue weighted by Gasteiger charge is -2.18. The summed E-state index contributed by atoms with van der Waals surface area (Å²) in [7, 11) is 0. The maximum Gasteiger partial charge on any atom is 0.325 e. The molecule has 0 saturated heterocycles. The van der Waals surface area contributed by atoms with Crippen LogP contribution in [0.2, 0.25) is 0 Å². The van der Waals surface area contributed by atoms with Crippen LogP contribution in [0, 0.1) is 5.82 Å². The van der Waals surface area contributed by atoms with Crippen LogP contribution in [0.3, 0.4) is 0 Å². The first kappa shape index (κ1) is 18.6. The van der Waals surface area contributed by atoms with Gasteiger partial charge in [0, 0.05) is 15.6 Å². The van der Waals surface area contributed by atoms with E-state index in [-0.39, 0.29) is 18.8 Å². The molecule has 0 atom stereocenters. The van der Waals surface area contributed by atoms with E-state index < -0.39 is 23.6 Å². The van der Waals surface area contributed by atoms with Crippen LogP contribution in [-0.4, -0.2) is 30.9 Å². The van der Waals surface area contributed by atoms with Crippen molar-refractivity contribution in [1.82, 2.24) is 0 Å². The molecule has 0 saturated carbocycles. The van der Waals surface area contributed by atoms with E-state index in [0.717, 1.165) is 17.7 Å². The molecule has 1 aromatic carbocycles. The standard InChI is InChI=1S/C18H18BrFN2O4/c1-2-26-16(23)9-21-14-8-15(13(20)7-12(14)19)22-17(24)10-5-3-4-6-11(10)18(22)25/h7-8,21H,2-6,9H2,1H3. The number of ether oxygens (including phenoxy) is 1. The van der Waals surface area contributed by atoms with E-state index in [4.69, 9.17) is 4.74 Å². The van der Waals surface area contributed by atoms with Crippen molar-refractivity contribution in [2.75, 3.05) is 23.4 Å². The number of hydrogen-bond donors (Lipinski definition) is 1.